The molecule has 0 saturated heterocycles. The van der Waals surface area contributed by atoms with Crippen LogP contribution < -0.4 is 0 Å². The third-order valence-corrected chi connectivity index (χ3v) is 4.13. The van der Waals surface area contributed by atoms with E-state index in [0.717, 1.165) is 17.7 Å². The van der Waals surface area contributed by atoms with Gasteiger partial charge in [-0.2, -0.15) is 0 Å². The minimum absolute atomic E-state index is 0.316. The van der Waals surface area contributed by atoms with E-state index in [-0.39, 0.29) is 0 Å². The highest BCUT2D eigenvalue weighted by molar-refractivity contribution is 5.70. The molecule has 0 spiro atoms. The second-order valence-corrected chi connectivity index (χ2v) is 7.73. The highest BCUT2D eigenvalue weighted by Gasteiger charge is 2.11. The molecule has 2 aromatic carbocycles. The number of aryl methyl sites for hydroxylation is 1. The van der Waals surface area contributed by atoms with Gasteiger partial charge in [0.05, 0.1) is 5.69 Å². The van der Waals surface area contributed by atoms with Crippen LogP contribution in [0.1, 0.15) is 31.9 Å². The van der Waals surface area contributed by atoms with Crippen molar-refractivity contribution in [1.82, 2.24) is 4.98 Å². The van der Waals surface area contributed by atoms with E-state index in [1.807, 2.05) is 6.20 Å². The standard InChI is InChI=1S/C23H25N/c1-17-5-9-20(10-6-17)22-15-21(13-14-24-22)19-11-7-18(8-12-19)16-23(2,3)4/h5-15H,16H2,1-4H3. The third kappa shape index (κ3) is 4.11. The van der Waals surface area contributed by atoms with Crippen LogP contribution in [0.25, 0.3) is 22.4 Å². The summed E-state index contributed by atoms with van der Waals surface area (Å²) < 4.78 is 0. The number of hydrogen-bond donors (Lipinski definition) is 0. The van der Waals surface area contributed by atoms with Crippen molar-refractivity contribution in [1.29, 1.82) is 0 Å². The van der Waals surface area contributed by atoms with Crippen molar-refractivity contribution < 1.29 is 0 Å². The largest absolute Gasteiger partial charge is 0.256 e. The van der Waals surface area contributed by atoms with Gasteiger partial charge in [-0.05, 0) is 47.6 Å². The van der Waals surface area contributed by atoms with Gasteiger partial charge in [0.2, 0.25) is 0 Å². The second-order valence-electron chi connectivity index (χ2n) is 7.73. The first-order chi connectivity index (χ1) is 11.4. The molecule has 0 amide bonds. The Morgan fingerprint density at radius 3 is 2.00 bits per heavy atom. The fourth-order valence-corrected chi connectivity index (χ4v) is 2.92. The lowest BCUT2D eigenvalue weighted by molar-refractivity contribution is 0.411. The molecule has 0 atom stereocenters. The van der Waals surface area contributed by atoms with Crippen molar-refractivity contribution in [2.75, 3.05) is 0 Å². The molecule has 1 heteroatoms. The molecule has 0 radical (unpaired) electrons. The zero-order valence-corrected chi connectivity index (χ0v) is 15.0. The first-order valence-electron chi connectivity index (χ1n) is 8.53. The van der Waals surface area contributed by atoms with E-state index < -0.39 is 0 Å². The van der Waals surface area contributed by atoms with Crippen molar-refractivity contribution >= 4 is 0 Å². The Bertz CT molecular complexity index is 806. The van der Waals surface area contributed by atoms with Crippen LogP contribution in [0.4, 0.5) is 0 Å². The average molecular weight is 315 g/mol. The lowest BCUT2D eigenvalue weighted by atomic mass is 9.87. The molecule has 0 bridgehead atoms. The second kappa shape index (κ2) is 6.60. The van der Waals surface area contributed by atoms with E-state index in [9.17, 15) is 0 Å². The Balaban J connectivity index is 1.87. The average Bonchev–Trinajstić information content (AvgIpc) is 2.55. The van der Waals surface area contributed by atoms with E-state index in [0.29, 0.717) is 5.41 Å². The maximum absolute atomic E-state index is 4.53. The van der Waals surface area contributed by atoms with Crippen LogP contribution in [0, 0.1) is 12.3 Å². The molecule has 0 aliphatic heterocycles. The Morgan fingerprint density at radius 2 is 1.38 bits per heavy atom. The van der Waals surface area contributed by atoms with Gasteiger partial charge in [0.15, 0.2) is 0 Å². The smallest absolute Gasteiger partial charge is 0.0708 e. The minimum Gasteiger partial charge on any atom is -0.256 e. The maximum atomic E-state index is 4.53. The van der Waals surface area contributed by atoms with Gasteiger partial charge in [0.25, 0.3) is 0 Å². The normalized spacial score (nSPS) is 11.5. The summed E-state index contributed by atoms with van der Waals surface area (Å²) in [5.74, 6) is 0. The number of hydrogen-bond acceptors (Lipinski definition) is 1. The van der Waals surface area contributed by atoms with Crippen LogP contribution in [0.3, 0.4) is 0 Å². The number of rotatable bonds is 3. The summed E-state index contributed by atoms with van der Waals surface area (Å²) in [6, 6.07) is 21.7. The molecule has 1 heterocycles. The van der Waals surface area contributed by atoms with E-state index >= 15 is 0 Å². The molecule has 24 heavy (non-hydrogen) atoms. The summed E-state index contributed by atoms with van der Waals surface area (Å²) in [5.41, 5.74) is 7.60. The summed E-state index contributed by atoms with van der Waals surface area (Å²) in [6.45, 7) is 8.93. The van der Waals surface area contributed by atoms with Crippen molar-refractivity contribution in [3.8, 4) is 22.4 Å². The van der Waals surface area contributed by atoms with Crippen LogP contribution in [0.5, 0.6) is 0 Å². The Kier molecular flexibility index (Phi) is 4.53. The number of aromatic nitrogens is 1. The fraction of sp³-hybridized carbons (Fsp3) is 0.261. The van der Waals surface area contributed by atoms with Gasteiger partial charge in [-0.25, -0.2) is 0 Å². The molecule has 1 nitrogen and oxygen atoms in total. The molecule has 0 unspecified atom stereocenters. The lowest BCUT2D eigenvalue weighted by Crippen LogP contribution is -2.08. The fourth-order valence-electron chi connectivity index (χ4n) is 2.92. The summed E-state index contributed by atoms with van der Waals surface area (Å²) in [5, 5.41) is 0. The van der Waals surface area contributed by atoms with Gasteiger partial charge in [-0.15, -0.1) is 0 Å². The molecule has 0 aliphatic rings. The summed E-state index contributed by atoms with van der Waals surface area (Å²) in [7, 11) is 0. The van der Waals surface area contributed by atoms with Crippen molar-refractivity contribution in [3.63, 3.8) is 0 Å². The molecule has 3 rings (SSSR count). The Hall–Kier alpha value is -2.41. The zero-order chi connectivity index (χ0) is 17.2. The lowest BCUT2D eigenvalue weighted by Gasteiger charge is -2.18. The SMILES string of the molecule is Cc1ccc(-c2cc(-c3ccc(CC(C)(C)C)cc3)ccn2)cc1. The molecule has 0 fully saturated rings. The molecule has 0 N–H and O–H groups in total. The van der Waals surface area contributed by atoms with Crippen LogP contribution in [0.15, 0.2) is 66.9 Å². The molecule has 122 valence electrons. The van der Waals surface area contributed by atoms with Crippen molar-refractivity contribution in [2.45, 2.75) is 34.1 Å². The topological polar surface area (TPSA) is 12.9 Å². The van der Waals surface area contributed by atoms with E-state index in [1.165, 1.54) is 22.3 Å². The van der Waals surface area contributed by atoms with Gasteiger partial charge in [0, 0.05) is 11.8 Å². The first-order valence-corrected chi connectivity index (χ1v) is 8.53. The van der Waals surface area contributed by atoms with E-state index in [1.54, 1.807) is 0 Å². The molecule has 0 aliphatic carbocycles. The number of nitrogens with zero attached hydrogens (tertiary/aromatic N) is 1. The van der Waals surface area contributed by atoms with Gasteiger partial charge >= 0.3 is 0 Å². The summed E-state index contributed by atoms with van der Waals surface area (Å²) in [4.78, 5) is 4.53. The van der Waals surface area contributed by atoms with Gasteiger partial charge in [-0.3, -0.25) is 4.98 Å². The number of benzene rings is 2. The Labute approximate surface area is 145 Å². The van der Waals surface area contributed by atoms with Gasteiger partial charge < -0.3 is 0 Å². The van der Waals surface area contributed by atoms with E-state index in [2.05, 4.69) is 93.3 Å². The quantitative estimate of drug-likeness (QED) is 0.551. The van der Waals surface area contributed by atoms with Crippen LogP contribution in [0.2, 0.25) is 0 Å². The highest BCUT2D eigenvalue weighted by Crippen LogP contribution is 2.27. The van der Waals surface area contributed by atoms with Gasteiger partial charge in [-0.1, -0.05) is 74.9 Å². The van der Waals surface area contributed by atoms with Crippen LogP contribution in [-0.2, 0) is 6.42 Å². The van der Waals surface area contributed by atoms with E-state index in [4.69, 9.17) is 0 Å². The van der Waals surface area contributed by atoms with Crippen molar-refractivity contribution in [3.05, 3.63) is 78.0 Å². The van der Waals surface area contributed by atoms with Crippen molar-refractivity contribution in [2.24, 2.45) is 5.41 Å². The third-order valence-electron chi connectivity index (χ3n) is 4.13. The molecular weight excluding hydrogens is 290 g/mol. The van der Waals surface area contributed by atoms with Gasteiger partial charge in [0.1, 0.15) is 0 Å². The summed E-state index contributed by atoms with van der Waals surface area (Å²) >= 11 is 0. The first kappa shape index (κ1) is 16.4. The zero-order valence-electron chi connectivity index (χ0n) is 15.0. The van der Waals surface area contributed by atoms with Crippen LogP contribution in [-0.4, -0.2) is 4.98 Å². The molecular formula is C23H25N. The summed E-state index contributed by atoms with van der Waals surface area (Å²) in [6.07, 6.45) is 2.99. The predicted octanol–water partition coefficient (Wildman–Crippen LogP) is 6.31. The molecule has 3 aromatic rings. The molecule has 0 saturated carbocycles. The Morgan fingerprint density at radius 1 is 0.750 bits per heavy atom. The minimum atomic E-state index is 0.316. The predicted molar refractivity (Wildman–Crippen MR) is 103 cm³/mol. The monoisotopic (exact) mass is 315 g/mol. The number of pyridine rings is 1. The maximum Gasteiger partial charge on any atom is 0.0708 e. The van der Waals surface area contributed by atoms with Crippen LogP contribution >= 0.6 is 0 Å². The highest BCUT2D eigenvalue weighted by atomic mass is 14.7. The molecule has 1 aromatic heterocycles.